The molecule has 28 heavy (non-hydrogen) atoms. The number of anilines is 1. The number of rotatable bonds is 4. The molecule has 0 bridgehead atoms. The van der Waals surface area contributed by atoms with Gasteiger partial charge in [-0.05, 0) is 42.2 Å². The molecule has 0 saturated heterocycles. The first-order valence-electron chi connectivity index (χ1n) is 9.17. The van der Waals surface area contributed by atoms with E-state index in [2.05, 4.69) is 29.3 Å². The number of amides is 1. The number of hydrogen-bond donors (Lipinski definition) is 1. The number of aromatic nitrogens is 1. The van der Waals surface area contributed by atoms with Gasteiger partial charge in [0.1, 0.15) is 4.83 Å². The van der Waals surface area contributed by atoms with Crippen LogP contribution in [-0.4, -0.2) is 36.2 Å². The minimum atomic E-state index is -0.171. The molecule has 2 aliphatic rings. The Balaban J connectivity index is 1.76. The molecule has 5 nitrogen and oxygen atoms in total. The summed E-state index contributed by atoms with van der Waals surface area (Å²) in [4.78, 5) is 22.8. The molecule has 0 radical (unpaired) electrons. The number of carbonyl (C=O) groups excluding carboxylic acids is 1. The van der Waals surface area contributed by atoms with Crippen molar-refractivity contribution >= 4 is 39.5 Å². The number of allylic oxidation sites excluding steroid dienone is 7. The Morgan fingerprint density at radius 2 is 2.00 bits per heavy atom. The second-order valence-corrected chi connectivity index (χ2v) is 8.09. The normalized spacial score (nSPS) is 15.5. The second-order valence-electron chi connectivity index (χ2n) is 7.09. The third-order valence-corrected chi connectivity index (χ3v) is 6.30. The highest BCUT2D eigenvalue weighted by atomic mass is 32.1. The average Bonchev–Trinajstić information content (AvgIpc) is 3.20. The van der Waals surface area contributed by atoms with Crippen molar-refractivity contribution in [2.24, 2.45) is 0 Å². The lowest BCUT2D eigenvalue weighted by atomic mass is 10.1. The number of fused-ring (bicyclic) bond motifs is 1. The molecular weight excluding hydrogens is 368 g/mol. The summed E-state index contributed by atoms with van der Waals surface area (Å²) in [6.07, 6.45) is 14.8. The van der Waals surface area contributed by atoms with Crippen LogP contribution in [0.4, 0.5) is 5.69 Å². The fraction of sp³-hybridized carbons (Fsp3) is 0.227. The Bertz CT molecular complexity index is 1100. The van der Waals surface area contributed by atoms with Crippen LogP contribution >= 0.6 is 11.3 Å². The molecule has 0 aliphatic heterocycles. The van der Waals surface area contributed by atoms with Crippen LogP contribution in [0.2, 0.25) is 0 Å². The maximum atomic E-state index is 13.4. The molecule has 6 heteroatoms. The number of nitrogens with zero attached hydrogens (tertiary/aromatic N) is 3. The van der Waals surface area contributed by atoms with Crippen LogP contribution in [-0.2, 0) is 0 Å². The zero-order valence-corrected chi connectivity index (χ0v) is 17.0. The van der Waals surface area contributed by atoms with Gasteiger partial charge in [0.25, 0.3) is 5.91 Å². The van der Waals surface area contributed by atoms with Gasteiger partial charge in [0.15, 0.2) is 0 Å². The zero-order valence-electron chi connectivity index (χ0n) is 16.2. The van der Waals surface area contributed by atoms with E-state index in [9.17, 15) is 4.79 Å². The lowest BCUT2D eigenvalue weighted by Crippen LogP contribution is -2.28. The minimum absolute atomic E-state index is 0.171. The van der Waals surface area contributed by atoms with Gasteiger partial charge in [-0.2, -0.15) is 0 Å². The molecule has 2 heterocycles. The lowest BCUT2D eigenvalue weighted by Gasteiger charge is -2.20. The molecule has 0 fully saturated rings. The summed E-state index contributed by atoms with van der Waals surface area (Å²) >= 11 is 1.39. The van der Waals surface area contributed by atoms with Gasteiger partial charge >= 0.3 is 0 Å². The van der Waals surface area contributed by atoms with Crippen molar-refractivity contribution < 1.29 is 4.79 Å². The van der Waals surface area contributed by atoms with Gasteiger partial charge < -0.3 is 4.90 Å². The average molecular weight is 391 g/mol. The van der Waals surface area contributed by atoms with Gasteiger partial charge in [0, 0.05) is 43.5 Å². The molecule has 1 amide bonds. The van der Waals surface area contributed by atoms with Crippen molar-refractivity contribution in [1.82, 2.24) is 9.88 Å². The van der Waals surface area contributed by atoms with Gasteiger partial charge in [-0.1, -0.05) is 24.3 Å². The van der Waals surface area contributed by atoms with E-state index in [0.717, 1.165) is 39.9 Å². The molecule has 0 atom stereocenters. The molecule has 142 valence electrons. The van der Waals surface area contributed by atoms with Crippen LogP contribution < -0.4 is 4.90 Å². The topological polar surface area (TPSA) is 60.3 Å². The fourth-order valence-electron chi connectivity index (χ4n) is 3.68. The third-order valence-electron chi connectivity index (χ3n) is 5.11. The molecule has 0 unspecified atom stereocenters. The number of nitrogens with one attached hydrogen (secondary N) is 1. The summed E-state index contributed by atoms with van der Waals surface area (Å²) in [5.41, 5.74) is 5.16. The number of pyridine rings is 1. The van der Waals surface area contributed by atoms with Gasteiger partial charge in [-0.3, -0.25) is 15.1 Å². The van der Waals surface area contributed by atoms with E-state index >= 15 is 0 Å². The van der Waals surface area contributed by atoms with Crippen molar-refractivity contribution in [2.45, 2.75) is 19.8 Å². The quantitative estimate of drug-likeness (QED) is 0.601. The fourth-order valence-corrected chi connectivity index (χ4v) is 4.79. The summed E-state index contributed by atoms with van der Waals surface area (Å²) in [6.45, 7) is 1.96. The lowest BCUT2D eigenvalue weighted by molar-refractivity contribution is 0.0883. The first kappa shape index (κ1) is 18.4. The van der Waals surface area contributed by atoms with Gasteiger partial charge in [-0.15, -0.1) is 11.3 Å². The highest BCUT2D eigenvalue weighted by molar-refractivity contribution is 7.20. The van der Waals surface area contributed by atoms with Crippen LogP contribution in [0.15, 0.2) is 59.5 Å². The molecule has 0 aromatic carbocycles. The Labute approximate surface area is 168 Å². The zero-order chi connectivity index (χ0) is 19.8. The first-order chi connectivity index (χ1) is 13.5. The van der Waals surface area contributed by atoms with Crippen LogP contribution in [0.1, 0.15) is 28.1 Å². The van der Waals surface area contributed by atoms with Crippen LogP contribution in [0.5, 0.6) is 0 Å². The van der Waals surface area contributed by atoms with Crippen LogP contribution in [0.25, 0.3) is 10.2 Å². The second kappa shape index (κ2) is 7.20. The van der Waals surface area contributed by atoms with Crippen molar-refractivity contribution in [3.8, 4) is 0 Å². The number of hydrogen-bond acceptors (Lipinski definition) is 5. The SMILES string of the molecule is Cc1c(C(=O)N(C=N)C2=CC3=C(C=CC2)C=CC3)sc2nccc(N(C)C)c12. The molecule has 0 saturated carbocycles. The minimum Gasteiger partial charge on any atom is -0.377 e. The largest absolute Gasteiger partial charge is 0.377 e. The number of carbonyl (C=O) groups is 1. The highest BCUT2D eigenvalue weighted by Gasteiger charge is 2.25. The first-order valence-corrected chi connectivity index (χ1v) is 9.99. The Kier molecular flexibility index (Phi) is 4.73. The monoisotopic (exact) mass is 390 g/mol. The predicted molar refractivity (Wildman–Crippen MR) is 116 cm³/mol. The summed E-state index contributed by atoms with van der Waals surface area (Å²) in [5, 5.41) is 8.92. The molecule has 4 rings (SSSR count). The summed E-state index contributed by atoms with van der Waals surface area (Å²) in [6, 6.07) is 1.96. The van der Waals surface area contributed by atoms with Crippen molar-refractivity contribution in [3.63, 3.8) is 0 Å². The van der Waals surface area contributed by atoms with E-state index in [0.29, 0.717) is 11.3 Å². The van der Waals surface area contributed by atoms with Gasteiger partial charge in [0.05, 0.1) is 11.2 Å². The highest BCUT2D eigenvalue weighted by Crippen LogP contribution is 2.37. The van der Waals surface area contributed by atoms with Gasteiger partial charge in [-0.25, -0.2) is 4.98 Å². The van der Waals surface area contributed by atoms with E-state index in [4.69, 9.17) is 5.41 Å². The van der Waals surface area contributed by atoms with E-state index < -0.39 is 0 Å². The van der Waals surface area contributed by atoms with Crippen molar-refractivity contribution in [2.75, 3.05) is 19.0 Å². The Morgan fingerprint density at radius 3 is 2.71 bits per heavy atom. The van der Waals surface area contributed by atoms with Crippen molar-refractivity contribution in [3.05, 3.63) is 69.9 Å². The van der Waals surface area contributed by atoms with E-state index in [-0.39, 0.29) is 5.91 Å². The number of thiophene rings is 1. The maximum Gasteiger partial charge on any atom is 0.273 e. The van der Waals surface area contributed by atoms with Gasteiger partial charge in [0.2, 0.25) is 0 Å². The summed E-state index contributed by atoms with van der Waals surface area (Å²) < 4.78 is 0. The van der Waals surface area contributed by atoms with Crippen LogP contribution in [0.3, 0.4) is 0 Å². The third kappa shape index (κ3) is 2.99. The standard InChI is InChI=1S/C22H22N4OS/c1-14-19-18(25(2)3)10-11-24-21(19)28-20(14)22(27)26(13-23)17-9-5-7-15-6-4-8-16(15)12-17/h4-7,10-13,23H,8-9H2,1-3H3. The molecule has 0 spiro atoms. The number of aryl methyl sites for hydroxylation is 1. The molecular formula is C22H22N4OS. The Hall–Kier alpha value is -2.99. The smallest absolute Gasteiger partial charge is 0.273 e. The van der Waals surface area contributed by atoms with E-state index in [1.165, 1.54) is 27.4 Å². The summed E-state index contributed by atoms with van der Waals surface area (Å²) in [5.74, 6) is -0.171. The molecule has 2 aromatic rings. The van der Waals surface area contributed by atoms with Crippen LogP contribution in [0, 0.1) is 12.3 Å². The maximum absolute atomic E-state index is 13.4. The van der Waals surface area contributed by atoms with Crippen molar-refractivity contribution in [1.29, 1.82) is 5.41 Å². The Morgan fingerprint density at radius 1 is 1.25 bits per heavy atom. The molecule has 2 aromatic heterocycles. The molecule has 2 aliphatic carbocycles. The van der Waals surface area contributed by atoms with E-state index in [1.54, 1.807) is 6.20 Å². The summed E-state index contributed by atoms with van der Waals surface area (Å²) in [7, 11) is 3.97. The van der Waals surface area contributed by atoms with E-state index in [1.807, 2.05) is 38.1 Å². The predicted octanol–water partition coefficient (Wildman–Crippen LogP) is 4.82. The molecule has 1 N–H and O–H groups in total.